The van der Waals surface area contributed by atoms with Gasteiger partial charge < -0.3 is 10.1 Å². The Morgan fingerprint density at radius 1 is 0.808 bits per heavy atom. The molecule has 0 saturated heterocycles. The quantitative estimate of drug-likeness (QED) is 0.279. The number of hydrogen-bond acceptors (Lipinski definition) is 9. The van der Waals surface area contributed by atoms with Crippen LogP contribution in [0, 0.1) is 30.3 Å². The highest BCUT2D eigenvalue weighted by Gasteiger charge is 2.13. The summed E-state index contributed by atoms with van der Waals surface area (Å²) in [5.41, 5.74) is 2.44. The van der Waals surface area contributed by atoms with Gasteiger partial charge in [0.1, 0.15) is 5.69 Å². The van der Waals surface area contributed by atoms with Gasteiger partial charge in [-0.2, -0.15) is 0 Å². The number of non-ortho nitro benzene ring substituents is 2. The number of nitrogens with one attached hydrogen (secondary N) is 1. The average Bonchev–Trinajstić information content (AvgIpc) is 2.62. The topological polar surface area (TPSA) is 179 Å². The van der Waals surface area contributed by atoms with Crippen molar-refractivity contribution >= 4 is 28.7 Å². The van der Waals surface area contributed by atoms with Crippen molar-refractivity contribution in [2.75, 3.05) is 5.43 Å². The summed E-state index contributed by atoms with van der Waals surface area (Å²) in [4.78, 5) is 29.9. The van der Waals surface area contributed by atoms with Crippen LogP contribution in [0.3, 0.4) is 0 Å². The molecule has 2 aromatic carbocycles. The molecule has 13 heteroatoms. The smallest absolute Gasteiger partial charge is 0.390 e. The zero-order valence-electron chi connectivity index (χ0n) is 12.8. The van der Waals surface area contributed by atoms with Crippen LogP contribution in [-0.2, 0) is 0 Å². The Labute approximate surface area is 144 Å². The highest BCUT2D eigenvalue weighted by molar-refractivity contribution is 5.73. The zero-order chi connectivity index (χ0) is 19.1. The third kappa shape index (κ3) is 4.85. The fourth-order valence-electron chi connectivity index (χ4n) is 1.62. The zero-order valence-corrected chi connectivity index (χ0v) is 12.8. The molecule has 0 atom stereocenters. The fourth-order valence-corrected chi connectivity index (χ4v) is 1.62. The van der Waals surface area contributed by atoms with Crippen molar-refractivity contribution in [2.24, 2.45) is 15.3 Å². The van der Waals surface area contributed by atoms with E-state index in [9.17, 15) is 30.3 Å². The Bertz CT molecular complexity index is 892. The molecule has 2 aromatic rings. The lowest BCUT2D eigenvalue weighted by molar-refractivity contribution is -0.385. The lowest BCUT2D eigenvalue weighted by Gasteiger charge is -1.96. The molecule has 0 aliphatic rings. The maximum absolute atomic E-state index is 10.9. The monoisotopic (exact) mass is 359 g/mol. The van der Waals surface area contributed by atoms with E-state index in [4.69, 9.17) is 0 Å². The molecule has 0 spiro atoms. The van der Waals surface area contributed by atoms with Crippen LogP contribution in [0.15, 0.2) is 63.9 Å². The summed E-state index contributed by atoms with van der Waals surface area (Å²) in [5, 5.41) is 42.4. The summed E-state index contributed by atoms with van der Waals surface area (Å²) in [6.45, 7) is 0. The first kappa shape index (κ1) is 18.1. The Hall–Kier alpha value is -4.29. The van der Waals surface area contributed by atoms with Crippen LogP contribution >= 0.6 is 0 Å². The highest BCUT2D eigenvalue weighted by atomic mass is 16.6. The number of hydrogen-bond donors (Lipinski definition) is 1. The van der Waals surface area contributed by atoms with Gasteiger partial charge in [0, 0.05) is 29.4 Å². The first-order valence-electron chi connectivity index (χ1n) is 6.75. The molecule has 132 valence electrons. The van der Waals surface area contributed by atoms with Gasteiger partial charge in [0.15, 0.2) is 0 Å². The summed E-state index contributed by atoms with van der Waals surface area (Å²) in [7, 11) is 0. The van der Waals surface area contributed by atoms with E-state index >= 15 is 0 Å². The van der Waals surface area contributed by atoms with Crippen molar-refractivity contribution in [3.05, 3.63) is 78.9 Å². The van der Waals surface area contributed by atoms with Crippen molar-refractivity contribution in [2.45, 2.75) is 0 Å². The van der Waals surface area contributed by atoms with E-state index in [0.29, 0.717) is 0 Å². The number of rotatable bonds is 5. The molecule has 13 nitrogen and oxygen atoms in total. The summed E-state index contributed by atoms with van der Waals surface area (Å²) in [6, 6.07) is 9.90. The largest absolute Gasteiger partial charge is 0.511 e. The van der Waals surface area contributed by atoms with E-state index in [0.717, 1.165) is 0 Å². The summed E-state index contributed by atoms with van der Waals surface area (Å²) >= 11 is 0. The first-order valence-corrected chi connectivity index (χ1v) is 6.75. The van der Waals surface area contributed by atoms with Gasteiger partial charge in [0.05, 0.1) is 20.6 Å². The molecular formula is C13H9N7O6. The Balaban J connectivity index is 2.12. The van der Waals surface area contributed by atoms with Gasteiger partial charge in [-0.1, -0.05) is 5.11 Å². The molecule has 2 rings (SSSR count). The van der Waals surface area contributed by atoms with Crippen LogP contribution in [0.25, 0.3) is 0 Å². The lowest BCUT2D eigenvalue weighted by atomic mass is 10.3. The molecule has 0 saturated carbocycles. The summed E-state index contributed by atoms with van der Waals surface area (Å²) in [5.74, 6) is -0.873. The molecule has 0 fully saturated rings. The minimum Gasteiger partial charge on any atom is -0.390 e. The molecule has 0 aromatic heterocycles. The Morgan fingerprint density at radius 3 is 1.77 bits per heavy atom. The van der Waals surface area contributed by atoms with Gasteiger partial charge in [-0.15, -0.1) is 0 Å². The van der Waals surface area contributed by atoms with Gasteiger partial charge in [0.2, 0.25) is 0 Å². The van der Waals surface area contributed by atoms with Gasteiger partial charge in [-0.05, 0) is 29.2 Å². The Kier molecular flexibility index (Phi) is 5.56. The van der Waals surface area contributed by atoms with Gasteiger partial charge in [-0.3, -0.25) is 20.2 Å². The predicted octanol–water partition coefficient (Wildman–Crippen LogP) is 3.25. The second-order valence-electron chi connectivity index (χ2n) is 4.56. The van der Waals surface area contributed by atoms with Crippen molar-refractivity contribution in [1.29, 1.82) is 0 Å². The first-order chi connectivity index (χ1) is 12.4. The Morgan fingerprint density at radius 2 is 1.31 bits per heavy atom. The molecule has 0 bridgehead atoms. The van der Waals surface area contributed by atoms with E-state index in [-0.39, 0.29) is 22.7 Å². The minimum atomic E-state index is -0.896. The van der Waals surface area contributed by atoms with E-state index in [1.807, 2.05) is 0 Å². The number of azo groups is 1. The van der Waals surface area contributed by atoms with Crippen LogP contribution in [0.1, 0.15) is 0 Å². The molecular weight excluding hydrogens is 350 g/mol. The SMILES string of the molecule is O=[N+]([O-])/C(N=Nc1ccc([N+](=O)[O-])cc1)=N\Nc1ccc([N+](=O)[O-])cc1. The second kappa shape index (κ2) is 8.00. The van der Waals surface area contributed by atoms with Crippen molar-refractivity contribution in [3.8, 4) is 0 Å². The standard InChI is InChI=1S/C13H9N7O6/c21-18(22)11-5-1-9(2-6-11)14-16-13(20(25)26)17-15-10-3-7-12(8-4-10)19(23)24/h1-8,14H/b16-13-,17-15?. The van der Waals surface area contributed by atoms with Crippen LogP contribution in [0.4, 0.5) is 22.7 Å². The second-order valence-corrected chi connectivity index (χ2v) is 4.56. The van der Waals surface area contributed by atoms with E-state index < -0.39 is 20.7 Å². The predicted molar refractivity (Wildman–Crippen MR) is 88.8 cm³/mol. The van der Waals surface area contributed by atoms with Crippen molar-refractivity contribution in [1.82, 2.24) is 0 Å². The van der Waals surface area contributed by atoms with Crippen LogP contribution in [0.2, 0.25) is 0 Å². The third-order valence-electron chi connectivity index (χ3n) is 2.84. The van der Waals surface area contributed by atoms with E-state index in [1.54, 1.807) is 0 Å². The average molecular weight is 359 g/mol. The maximum Gasteiger partial charge on any atom is 0.511 e. The molecule has 0 aliphatic heterocycles. The molecule has 0 unspecified atom stereocenters. The number of anilines is 1. The number of hydrazone groups is 1. The molecule has 0 aliphatic carbocycles. The fraction of sp³-hybridized carbons (Fsp3) is 0. The number of nitrogens with zero attached hydrogens (tertiary/aromatic N) is 6. The minimum absolute atomic E-state index is 0.146. The van der Waals surface area contributed by atoms with Gasteiger partial charge >= 0.3 is 5.96 Å². The molecule has 0 amide bonds. The normalized spacial score (nSPS) is 11.3. The van der Waals surface area contributed by atoms with Crippen molar-refractivity contribution < 1.29 is 14.8 Å². The van der Waals surface area contributed by atoms with Crippen LogP contribution in [-0.4, -0.2) is 20.7 Å². The molecule has 26 heavy (non-hydrogen) atoms. The highest BCUT2D eigenvalue weighted by Crippen LogP contribution is 2.18. The molecule has 1 N–H and O–H groups in total. The van der Waals surface area contributed by atoms with E-state index in [1.165, 1.54) is 48.5 Å². The maximum atomic E-state index is 10.9. The third-order valence-corrected chi connectivity index (χ3v) is 2.84. The van der Waals surface area contributed by atoms with Crippen LogP contribution in [0.5, 0.6) is 0 Å². The summed E-state index contributed by atoms with van der Waals surface area (Å²) in [6.07, 6.45) is 0. The van der Waals surface area contributed by atoms with Crippen molar-refractivity contribution in [3.63, 3.8) is 0 Å². The number of nitro benzene ring substituents is 2. The number of guanidine groups is 1. The summed E-state index contributed by atoms with van der Waals surface area (Å²) < 4.78 is 0. The number of benzene rings is 2. The molecule has 0 radical (unpaired) electrons. The van der Waals surface area contributed by atoms with E-state index in [2.05, 4.69) is 20.8 Å². The van der Waals surface area contributed by atoms with Gasteiger partial charge in [-0.25, -0.2) is 5.43 Å². The molecule has 0 heterocycles. The number of nitro groups is 3. The lowest BCUT2D eigenvalue weighted by Crippen LogP contribution is -2.10. The van der Waals surface area contributed by atoms with Gasteiger partial charge in [0.25, 0.3) is 11.4 Å². The van der Waals surface area contributed by atoms with Crippen LogP contribution < -0.4 is 5.43 Å².